The lowest BCUT2D eigenvalue weighted by molar-refractivity contribution is -0.151. The normalized spacial score (nSPS) is 23.1. The predicted molar refractivity (Wildman–Crippen MR) is 78.7 cm³/mol. The predicted octanol–water partition coefficient (Wildman–Crippen LogP) is 1.72. The number of halogens is 1. The Morgan fingerprint density at radius 1 is 1.40 bits per heavy atom. The highest BCUT2D eigenvalue weighted by Crippen LogP contribution is 2.20. The van der Waals surface area contributed by atoms with Crippen molar-refractivity contribution < 1.29 is 9.59 Å². The second kappa shape index (κ2) is 5.91. The molecule has 2 unspecified atom stereocenters. The molecule has 0 aliphatic carbocycles. The molecule has 1 fully saturated rings. The maximum absolute atomic E-state index is 12.3. The highest BCUT2D eigenvalue weighted by molar-refractivity contribution is 9.10. The quantitative estimate of drug-likeness (QED) is 0.911. The molecule has 0 aromatic carbocycles. The van der Waals surface area contributed by atoms with Gasteiger partial charge in [-0.05, 0) is 40.9 Å². The first kappa shape index (κ1) is 15.0. The van der Waals surface area contributed by atoms with Gasteiger partial charge in [-0.25, -0.2) is 0 Å². The number of carbonyl (C=O) groups excluding carboxylic acids is 2. The minimum atomic E-state index is -0.479. The smallest absolute Gasteiger partial charge is 0.245 e. The molecule has 5 nitrogen and oxygen atoms in total. The molecule has 2 atom stereocenters. The van der Waals surface area contributed by atoms with E-state index in [-0.39, 0.29) is 17.7 Å². The molecule has 0 radical (unpaired) electrons. The van der Waals surface area contributed by atoms with E-state index in [1.165, 1.54) is 0 Å². The molecule has 108 valence electrons. The van der Waals surface area contributed by atoms with Crippen LogP contribution in [0.3, 0.4) is 0 Å². The number of hydrogen-bond donors (Lipinski definition) is 1. The third-order valence-electron chi connectivity index (χ3n) is 3.37. The molecule has 0 saturated carbocycles. The summed E-state index contributed by atoms with van der Waals surface area (Å²) in [5, 5.41) is 2.73. The number of piperazine rings is 1. The number of aromatic nitrogens is 1. The maximum atomic E-state index is 12.3. The molecule has 0 bridgehead atoms. The number of hydrogen-bond acceptors (Lipinski definition) is 3. The Bertz CT molecular complexity index is 516. The van der Waals surface area contributed by atoms with Crippen LogP contribution in [-0.4, -0.2) is 33.8 Å². The van der Waals surface area contributed by atoms with E-state index in [9.17, 15) is 9.59 Å². The zero-order chi connectivity index (χ0) is 14.9. The summed E-state index contributed by atoms with van der Waals surface area (Å²) in [5.41, 5.74) is 0.772. The Morgan fingerprint density at radius 3 is 2.65 bits per heavy atom. The van der Waals surface area contributed by atoms with Gasteiger partial charge >= 0.3 is 0 Å². The topological polar surface area (TPSA) is 62.3 Å². The summed E-state index contributed by atoms with van der Waals surface area (Å²) in [7, 11) is 0. The molecule has 2 heterocycles. The van der Waals surface area contributed by atoms with Gasteiger partial charge in [0.15, 0.2) is 0 Å². The average Bonchev–Trinajstić information content (AvgIpc) is 2.37. The second-order valence-electron chi connectivity index (χ2n) is 5.35. The van der Waals surface area contributed by atoms with E-state index in [4.69, 9.17) is 0 Å². The summed E-state index contributed by atoms with van der Waals surface area (Å²) >= 11 is 3.33. The number of pyridine rings is 1. The molecule has 0 spiro atoms. The third kappa shape index (κ3) is 3.00. The van der Waals surface area contributed by atoms with E-state index in [1.54, 1.807) is 18.0 Å². The van der Waals surface area contributed by atoms with Crippen molar-refractivity contribution in [3.63, 3.8) is 0 Å². The zero-order valence-corrected chi connectivity index (χ0v) is 13.3. The van der Waals surface area contributed by atoms with E-state index in [2.05, 4.69) is 26.2 Å². The largest absolute Gasteiger partial charge is 0.343 e. The fraction of sp³-hybridized carbons (Fsp3) is 0.500. The summed E-state index contributed by atoms with van der Waals surface area (Å²) in [4.78, 5) is 30.4. The van der Waals surface area contributed by atoms with Crippen molar-refractivity contribution in [2.75, 3.05) is 0 Å². The van der Waals surface area contributed by atoms with E-state index < -0.39 is 12.1 Å². The molecule has 2 amide bonds. The lowest BCUT2D eigenvalue weighted by atomic mass is 9.97. The fourth-order valence-electron chi connectivity index (χ4n) is 2.40. The number of amides is 2. The molecular weight excluding hydrogens is 322 g/mol. The molecule has 2 rings (SSSR count). The van der Waals surface area contributed by atoms with Crippen LogP contribution < -0.4 is 5.32 Å². The van der Waals surface area contributed by atoms with Gasteiger partial charge < -0.3 is 10.2 Å². The highest BCUT2D eigenvalue weighted by atomic mass is 79.9. The van der Waals surface area contributed by atoms with Gasteiger partial charge in [0.25, 0.3) is 0 Å². The van der Waals surface area contributed by atoms with Crippen LogP contribution in [0.1, 0.15) is 26.5 Å². The van der Waals surface area contributed by atoms with Crippen molar-refractivity contribution in [2.45, 2.75) is 39.4 Å². The molecule has 1 aliphatic rings. The minimum absolute atomic E-state index is 0.0573. The summed E-state index contributed by atoms with van der Waals surface area (Å²) in [6.45, 7) is 5.94. The van der Waals surface area contributed by atoms with Gasteiger partial charge in [-0.1, -0.05) is 13.8 Å². The van der Waals surface area contributed by atoms with Gasteiger partial charge in [0.1, 0.15) is 12.1 Å². The minimum Gasteiger partial charge on any atom is -0.343 e. The van der Waals surface area contributed by atoms with Gasteiger partial charge in [0, 0.05) is 10.7 Å². The van der Waals surface area contributed by atoms with Crippen LogP contribution in [0, 0.1) is 5.92 Å². The Hall–Kier alpha value is -1.43. The molecule has 1 N–H and O–H groups in total. The Kier molecular flexibility index (Phi) is 4.42. The Morgan fingerprint density at radius 2 is 2.10 bits per heavy atom. The molecule has 6 heteroatoms. The highest BCUT2D eigenvalue weighted by Gasteiger charge is 2.40. The lowest BCUT2D eigenvalue weighted by Gasteiger charge is -2.39. The molecular formula is C14H18BrN3O2. The van der Waals surface area contributed by atoms with Crippen LogP contribution in [0.2, 0.25) is 0 Å². The summed E-state index contributed by atoms with van der Waals surface area (Å²) in [6.07, 6.45) is 1.69. The lowest BCUT2D eigenvalue weighted by Crippen LogP contribution is -2.63. The zero-order valence-electron chi connectivity index (χ0n) is 11.8. The average molecular weight is 340 g/mol. The van der Waals surface area contributed by atoms with Crippen LogP contribution >= 0.6 is 15.9 Å². The van der Waals surface area contributed by atoms with Crippen LogP contribution in [0.4, 0.5) is 0 Å². The van der Waals surface area contributed by atoms with Gasteiger partial charge in [0.05, 0.1) is 12.2 Å². The molecule has 1 aromatic heterocycles. The fourth-order valence-corrected chi connectivity index (χ4v) is 2.64. The molecule has 1 aromatic rings. The van der Waals surface area contributed by atoms with Crippen LogP contribution in [-0.2, 0) is 16.1 Å². The van der Waals surface area contributed by atoms with Crippen molar-refractivity contribution >= 4 is 27.7 Å². The summed E-state index contributed by atoms with van der Waals surface area (Å²) in [6, 6.07) is 2.81. The summed E-state index contributed by atoms with van der Waals surface area (Å²) < 4.78 is 0.887. The van der Waals surface area contributed by atoms with Crippen LogP contribution in [0.25, 0.3) is 0 Å². The maximum Gasteiger partial charge on any atom is 0.245 e. The SMILES string of the molecule is CC1NC(=O)C(C(C)C)N(Cc2ccc(Br)cn2)C1=O. The number of carbonyl (C=O) groups is 2. The van der Waals surface area contributed by atoms with Gasteiger partial charge in [0.2, 0.25) is 11.8 Å². The van der Waals surface area contributed by atoms with E-state index >= 15 is 0 Å². The molecule has 1 saturated heterocycles. The van der Waals surface area contributed by atoms with Crippen molar-refractivity contribution in [3.8, 4) is 0 Å². The number of nitrogens with one attached hydrogen (secondary N) is 1. The van der Waals surface area contributed by atoms with Crippen LogP contribution in [0.15, 0.2) is 22.8 Å². The van der Waals surface area contributed by atoms with Crippen molar-refractivity contribution in [2.24, 2.45) is 5.92 Å². The van der Waals surface area contributed by atoms with Gasteiger partial charge in [-0.2, -0.15) is 0 Å². The van der Waals surface area contributed by atoms with Gasteiger partial charge in [-0.3, -0.25) is 14.6 Å². The third-order valence-corrected chi connectivity index (χ3v) is 3.84. The second-order valence-corrected chi connectivity index (χ2v) is 6.27. The first-order valence-electron chi connectivity index (χ1n) is 6.61. The van der Waals surface area contributed by atoms with Crippen molar-refractivity contribution in [3.05, 3.63) is 28.5 Å². The van der Waals surface area contributed by atoms with E-state index in [1.807, 2.05) is 26.0 Å². The van der Waals surface area contributed by atoms with E-state index in [0.717, 1.165) is 10.2 Å². The molecule has 20 heavy (non-hydrogen) atoms. The molecule has 1 aliphatic heterocycles. The number of rotatable bonds is 3. The first-order valence-corrected chi connectivity index (χ1v) is 7.40. The summed E-state index contributed by atoms with van der Waals surface area (Å²) in [5.74, 6) is -0.0980. The standard InChI is InChI=1S/C14H18BrN3O2/c1-8(2)12-13(19)17-9(3)14(20)18(12)7-11-5-4-10(15)6-16-11/h4-6,8-9,12H,7H2,1-3H3,(H,17,19). The number of nitrogens with zero attached hydrogens (tertiary/aromatic N) is 2. The van der Waals surface area contributed by atoms with Crippen molar-refractivity contribution in [1.29, 1.82) is 0 Å². The van der Waals surface area contributed by atoms with E-state index in [0.29, 0.717) is 6.54 Å². The first-order chi connectivity index (χ1) is 9.40. The van der Waals surface area contributed by atoms with Crippen molar-refractivity contribution in [1.82, 2.24) is 15.2 Å². The van der Waals surface area contributed by atoms with Crippen LogP contribution in [0.5, 0.6) is 0 Å². The van der Waals surface area contributed by atoms with Gasteiger partial charge in [-0.15, -0.1) is 0 Å². The monoisotopic (exact) mass is 339 g/mol. The Labute approximate surface area is 126 Å². The Balaban J connectivity index is 2.26.